The highest BCUT2D eigenvalue weighted by molar-refractivity contribution is 7.98. The molecule has 2 aromatic rings. The van der Waals surface area contributed by atoms with Crippen LogP contribution in [-0.4, -0.2) is 22.9 Å². The number of carbonyl (C=O) groups excluding carboxylic acids is 1. The number of hydrogen-bond donors (Lipinski definition) is 0. The molecule has 0 bridgehead atoms. The molecular weight excluding hydrogens is 288 g/mol. The van der Waals surface area contributed by atoms with Crippen LogP contribution < -0.4 is 4.90 Å². The second-order valence-electron chi connectivity index (χ2n) is 4.62. The van der Waals surface area contributed by atoms with E-state index in [-0.39, 0.29) is 11.8 Å². The van der Waals surface area contributed by atoms with E-state index in [9.17, 15) is 4.79 Å². The fourth-order valence-electron chi connectivity index (χ4n) is 1.96. The third-order valence-corrected chi connectivity index (χ3v) is 4.55. The molecular formula is C15H18N2OS2. The summed E-state index contributed by atoms with van der Waals surface area (Å²) in [6.45, 7) is 2.59. The molecule has 5 heteroatoms. The van der Waals surface area contributed by atoms with E-state index in [1.165, 1.54) is 0 Å². The predicted molar refractivity (Wildman–Crippen MR) is 87.3 cm³/mol. The van der Waals surface area contributed by atoms with Crippen molar-refractivity contribution in [2.75, 3.05) is 16.9 Å². The average molecular weight is 306 g/mol. The summed E-state index contributed by atoms with van der Waals surface area (Å²) < 4.78 is 0. The lowest BCUT2D eigenvalue weighted by molar-refractivity contribution is -0.121. The van der Waals surface area contributed by atoms with Crippen LogP contribution in [0.3, 0.4) is 0 Å². The first-order valence-electron chi connectivity index (χ1n) is 6.43. The molecule has 0 aliphatic carbocycles. The summed E-state index contributed by atoms with van der Waals surface area (Å²) >= 11 is 3.35. The zero-order chi connectivity index (χ0) is 14.4. The Hall–Kier alpha value is -1.33. The highest BCUT2D eigenvalue weighted by Gasteiger charge is 2.22. The number of amides is 1. The van der Waals surface area contributed by atoms with E-state index < -0.39 is 0 Å². The van der Waals surface area contributed by atoms with Gasteiger partial charge in [-0.2, -0.15) is 23.1 Å². The van der Waals surface area contributed by atoms with E-state index in [0.29, 0.717) is 6.54 Å². The highest BCUT2D eigenvalue weighted by atomic mass is 32.2. The Morgan fingerprint density at radius 2 is 2.35 bits per heavy atom. The van der Waals surface area contributed by atoms with Crippen LogP contribution in [0, 0.1) is 5.92 Å². The zero-order valence-electron chi connectivity index (χ0n) is 11.7. The Morgan fingerprint density at radius 1 is 1.50 bits per heavy atom. The molecule has 106 valence electrons. The minimum atomic E-state index is 0.00356. The van der Waals surface area contributed by atoms with Crippen molar-refractivity contribution in [3.63, 3.8) is 0 Å². The Balaban J connectivity index is 2.22. The molecule has 0 radical (unpaired) electrons. The Kier molecular flexibility index (Phi) is 5.61. The summed E-state index contributed by atoms with van der Waals surface area (Å²) in [5.41, 5.74) is 2.01. The summed E-state index contributed by atoms with van der Waals surface area (Å²) in [4.78, 5) is 18.6. The van der Waals surface area contributed by atoms with Gasteiger partial charge in [0.1, 0.15) is 0 Å². The molecule has 0 saturated carbocycles. The maximum absolute atomic E-state index is 12.6. The van der Waals surface area contributed by atoms with Crippen molar-refractivity contribution in [2.24, 2.45) is 5.92 Å². The van der Waals surface area contributed by atoms with Gasteiger partial charge in [0, 0.05) is 17.9 Å². The number of nitrogens with zero attached hydrogens (tertiary/aromatic N) is 2. The molecule has 20 heavy (non-hydrogen) atoms. The number of pyridine rings is 1. The largest absolute Gasteiger partial charge is 0.306 e. The minimum absolute atomic E-state index is 0.00356. The quantitative estimate of drug-likeness (QED) is 0.816. The number of hydrogen-bond acceptors (Lipinski definition) is 4. The zero-order valence-corrected chi connectivity index (χ0v) is 13.3. The summed E-state index contributed by atoms with van der Waals surface area (Å²) in [5, 5.41) is 4.11. The van der Waals surface area contributed by atoms with Gasteiger partial charge in [0.15, 0.2) is 0 Å². The third-order valence-electron chi connectivity index (χ3n) is 2.98. The summed E-state index contributed by atoms with van der Waals surface area (Å²) in [7, 11) is 0. The van der Waals surface area contributed by atoms with Crippen molar-refractivity contribution < 1.29 is 4.79 Å². The smallest absolute Gasteiger partial charge is 0.231 e. The van der Waals surface area contributed by atoms with E-state index >= 15 is 0 Å². The fraction of sp³-hybridized carbons (Fsp3) is 0.333. The third kappa shape index (κ3) is 3.84. The topological polar surface area (TPSA) is 33.2 Å². The predicted octanol–water partition coefficient (Wildman–Crippen LogP) is 3.68. The maximum Gasteiger partial charge on any atom is 0.231 e. The highest BCUT2D eigenvalue weighted by Crippen LogP contribution is 2.21. The molecule has 0 aromatic carbocycles. The maximum atomic E-state index is 12.6. The first-order chi connectivity index (χ1) is 9.72. The first kappa shape index (κ1) is 15.1. The normalized spacial score (nSPS) is 12.1. The molecule has 1 atom stereocenters. The number of anilines is 1. The van der Waals surface area contributed by atoms with Gasteiger partial charge in [0.05, 0.1) is 18.4 Å². The van der Waals surface area contributed by atoms with Gasteiger partial charge in [0.25, 0.3) is 0 Å². The number of aromatic nitrogens is 1. The first-order valence-corrected chi connectivity index (χ1v) is 8.77. The van der Waals surface area contributed by atoms with E-state index in [0.717, 1.165) is 17.0 Å². The second-order valence-corrected chi connectivity index (χ2v) is 6.31. The molecule has 2 rings (SSSR count). The molecule has 1 amide bonds. The SMILES string of the molecule is CSC[C@@H](C)C(=O)N(Cc1ccsc1)c1cccnc1. The molecule has 2 heterocycles. The lowest BCUT2D eigenvalue weighted by atomic mass is 10.1. The summed E-state index contributed by atoms with van der Waals surface area (Å²) in [6, 6.07) is 5.85. The van der Waals surface area contributed by atoms with Crippen LogP contribution in [0.5, 0.6) is 0 Å². The average Bonchev–Trinajstić information content (AvgIpc) is 2.98. The molecule has 0 N–H and O–H groups in total. The van der Waals surface area contributed by atoms with E-state index in [1.54, 1.807) is 35.5 Å². The number of carbonyl (C=O) groups is 1. The molecule has 2 aromatic heterocycles. The van der Waals surface area contributed by atoms with Gasteiger partial charge in [0.2, 0.25) is 5.91 Å². The standard InChI is InChI=1S/C15H18N2OS2/c1-12(10-19-2)15(18)17(9-13-5-7-20-11-13)14-4-3-6-16-8-14/h3-8,11-12H,9-10H2,1-2H3/t12-/m1/s1. The lowest BCUT2D eigenvalue weighted by Crippen LogP contribution is -2.35. The summed E-state index contributed by atoms with van der Waals surface area (Å²) in [5.74, 6) is 0.988. The number of rotatable bonds is 6. The van der Waals surface area contributed by atoms with Crippen LogP contribution >= 0.6 is 23.1 Å². The molecule has 0 spiro atoms. The molecule has 0 unspecified atom stereocenters. The van der Waals surface area contributed by atoms with Crippen LogP contribution in [0.25, 0.3) is 0 Å². The fourth-order valence-corrected chi connectivity index (χ4v) is 3.26. The van der Waals surface area contributed by atoms with Crippen molar-refractivity contribution in [1.82, 2.24) is 4.98 Å². The van der Waals surface area contributed by atoms with Crippen LogP contribution in [0.1, 0.15) is 12.5 Å². The lowest BCUT2D eigenvalue weighted by Gasteiger charge is -2.25. The Bertz CT molecular complexity index is 528. The van der Waals surface area contributed by atoms with Crippen molar-refractivity contribution >= 4 is 34.7 Å². The van der Waals surface area contributed by atoms with Gasteiger partial charge in [-0.3, -0.25) is 9.78 Å². The van der Waals surface area contributed by atoms with Crippen molar-refractivity contribution in [3.8, 4) is 0 Å². The molecule has 0 fully saturated rings. The number of thioether (sulfide) groups is 1. The monoisotopic (exact) mass is 306 g/mol. The Labute approximate surface area is 128 Å². The van der Waals surface area contributed by atoms with Gasteiger partial charge in [-0.25, -0.2) is 0 Å². The van der Waals surface area contributed by atoms with E-state index in [2.05, 4.69) is 16.4 Å². The second kappa shape index (κ2) is 7.45. The number of thiophene rings is 1. The Morgan fingerprint density at radius 3 is 2.95 bits per heavy atom. The summed E-state index contributed by atoms with van der Waals surface area (Å²) in [6.07, 6.45) is 5.50. The van der Waals surface area contributed by atoms with Gasteiger partial charge in [-0.15, -0.1) is 0 Å². The molecule has 0 aliphatic rings. The molecule has 0 saturated heterocycles. The van der Waals surface area contributed by atoms with Crippen molar-refractivity contribution in [1.29, 1.82) is 0 Å². The van der Waals surface area contributed by atoms with Gasteiger partial charge >= 0.3 is 0 Å². The minimum Gasteiger partial charge on any atom is -0.306 e. The van der Waals surface area contributed by atoms with Crippen molar-refractivity contribution in [2.45, 2.75) is 13.5 Å². The van der Waals surface area contributed by atoms with Gasteiger partial charge in [-0.1, -0.05) is 6.92 Å². The van der Waals surface area contributed by atoms with Gasteiger partial charge < -0.3 is 4.90 Å². The van der Waals surface area contributed by atoms with Crippen LogP contribution in [0.4, 0.5) is 5.69 Å². The molecule has 3 nitrogen and oxygen atoms in total. The van der Waals surface area contributed by atoms with Crippen LogP contribution in [0.15, 0.2) is 41.4 Å². The van der Waals surface area contributed by atoms with Crippen LogP contribution in [0.2, 0.25) is 0 Å². The molecule has 0 aliphatic heterocycles. The van der Waals surface area contributed by atoms with E-state index in [1.807, 2.05) is 35.6 Å². The van der Waals surface area contributed by atoms with Crippen molar-refractivity contribution in [3.05, 3.63) is 46.9 Å². The van der Waals surface area contributed by atoms with Crippen LogP contribution in [-0.2, 0) is 11.3 Å². The van der Waals surface area contributed by atoms with E-state index in [4.69, 9.17) is 0 Å². The van der Waals surface area contributed by atoms with Gasteiger partial charge in [-0.05, 0) is 40.8 Å².